The summed E-state index contributed by atoms with van der Waals surface area (Å²) in [6.07, 6.45) is 0.250. The molecule has 0 aliphatic carbocycles. The molecule has 0 saturated carbocycles. The minimum atomic E-state index is -3.76. The number of cyclic esters (lactones) is 1. The van der Waals surface area contributed by atoms with Crippen molar-refractivity contribution >= 4 is 16.2 Å². The molecule has 1 aromatic carbocycles. The highest BCUT2D eigenvalue weighted by Gasteiger charge is 2.39. The van der Waals surface area contributed by atoms with Crippen LogP contribution in [0.5, 0.6) is 0 Å². The number of hydrogen-bond donors (Lipinski definition) is 0. The van der Waals surface area contributed by atoms with Crippen molar-refractivity contribution in [1.29, 1.82) is 0 Å². The average Bonchev–Trinajstić information content (AvgIpc) is 2.80. The van der Waals surface area contributed by atoms with Gasteiger partial charge in [0.2, 0.25) is 0 Å². The molecule has 6 nitrogen and oxygen atoms in total. The molecule has 21 heavy (non-hydrogen) atoms. The molecule has 2 aliphatic heterocycles. The molecule has 7 heteroatoms. The first kappa shape index (κ1) is 14.3. The third-order valence-electron chi connectivity index (χ3n) is 3.87. The van der Waals surface area contributed by atoms with E-state index in [1.54, 1.807) is 29.2 Å². The molecule has 2 saturated heterocycles. The lowest BCUT2D eigenvalue weighted by atomic mass is 10.0. The molecular weight excluding hydrogens is 294 g/mol. The number of carbonyl (C=O) groups excluding carboxylic acids is 1. The van der Waals surface area contributed by atoms with Gasteiger partial charge in [-0.1, -0.05) is 17.7 Å². The van der Waals surface area contributed by atoms with Gasteiger partial charge in [0.25, 0.3) is 10.1 Å². The van der Waals surface area contributed by atoms with Gasteiger partial charge in [-0.15, -0.1) is 0 Å². The fourth-order valence-electron chi connectivity index (χ4n) is 2.69. The number of carbonyl (C=O) groups is 1. The van der Waals surface area contributed by atoms with Gasteiger partial charge in [0.05, 0.1) is 17.0 Å². The molecule has 0 unspecified atom stereocenters. The molecule has 0 bridgehead atoms. The first-order valence-corrected chi connectivity index (χ1v) is 8.30. The zero-order valence-corrected chi connectivity index (χ0v) is 12.5. The zero-order valence-electron chi connectivity index (χ0n) is 11.7. The van der Waals surface area contributed by atoms with Crippen LogP contribution in [0.25, 0.3) is 0 Å². The maximum atomic E-state index is 12.2. The van der Waals surface area contributed by atoms with Gasteiger partial charge in [-0.05, 0) is 31.9 Å². The van der Waals surface area contributed by atoms with Crippen molar-refractivity contribution in [3.63, 3.8) is 0 Å². The predicted molar refractivity (Wildman–Crippen MR) is 74.3 cm³/mol. The Morgan fingerprint density at radius 3 is 2.71 bits per heavy atom. The van der Waals surface area contributed by atoms with Crippen LogP contribution in [-0.2, 0) is 19.0 Å². The summed E-state index contributed by atoms with van der Waals surface area (Å²) in [6.45, 7) is 2.67. The van der Waals surface area contributed by atoms with Gasteiger partial charge < -0.3 is 9.64 Å². The van der Waals surface area contributed by atoms with Crippen LogP contribution >= 0.6 is 0 Å². The minimum absolute atomic E-state index is 0.0792. The summed E-state index contributed by atoms with van der Waals surface area (Å²) < 4.78 is 34.8. The van der Waals surface area contributed by atoms with Crippen LogP contribution in [0.15, 0.2) is 29.2 Å². The molecule has 0 aromatic heterocycles. The standard InChI is InChI=1S/C14H17NO5S/c1-10-2-4-13(5-3-10)21(17,18)20-12-6-7-15-11(8-12)9-19-14(15)16/h2-5,11-12H,6-9H2,1H3/t11-,12+/m0/s1. The number of rotatable bonds is 3. The van der Waals surface area contributed by atoms with Crippen molar-refractivity contribution in [2.45, 2.75) is 36.8 Å². The smallest absolute Gasteiger partial charge is 0.410 e. The van der Waals surface area contributed by atoms with Gasteiger partial charge in [-0.2, -0.15) is 8.42 Å². The Hall–Kier alpha value is -1.60. The zero-order chi connectivity index (χ0) is 15.0. The molecule has 2 atom stereocenters. The summed E-state index contributed by atoms with van der Waals surface area (Å²) >= 11 is 0. The normalized spacial score (nSPS) is 25.6. The second kappa shape index (κ2) is 5.31. The SMILES string of the molecule is Cc1ccc(S(=O)(=O)O[C@@H]2CCN3C(=O)OC[C@@H]3C2)cc1. The summed E-state index contributed by atoms with van der Waals surface area (Å²) in [7, 11) is -3.76. The van der Waals surface area contributed by atoms with Crippen molar-refractivity contribution in [3.8, 4) is 0 Å². The number of benzene rings is 1. The van der Waals surface area contributed by atoms with Crippen LogP contribution in [0, 0.1) is 6.92 Å². The molecule has 1 aromatic rings. The first-order chi connectivity index (χ1) is 9.95. The van der Waals surface area contributed by atoms with Crippen molar-refractivity contribution < 1.29 is 22.1 Å². The number of nitrogens with zero attached hydrogens (tertiary/aromatic N) is 1. The van der Waals surface area contributed by atoms with Crippen molar-refractivity contribution in [3.05, 3.63) is 29.8 Å². The molecule has 2 fully saturated rings. The van der Waals surface area contributed by atoms with Crippen LogP contribution in [0.3, 0.4) is 0 Å². The topological polar surface area (TPSA) is 72.9 Å². The van der Waals surface area contributed by atoms with Crippen LogP contribution in [0.4, 0.5) is 4.79 Å². The van der Waals surface area contributed by atoms with E-state index in [1.807, 2.05) is 6.92 Å². The molecular formula is C14H17NO5S. The Morgan fingerprint density at radius 1 is 1.29 bits per heavy atom. The van der Waals surface area contributed by atoms with Gasteiger partial charge in [0.1, 0.15) is 6.61 Å². The largest absolute Gasteiger partial charge is 0.447 e. The Balaban J connectivity index is 1.69. The number of ether oxygens (including phenoxy) is 1. The molecule has 0 radical (unpaired) electrons. The molecule has 3 rings (SSSR count). The van der Waals surface area contributed by atoms with E-state index in [4.69, 9.17) is 8.92 Å². The molecule has 0 N–H and O–H groups in total. The number of amides is 1. The van der Waals surface area contributed by atoms with Crippen LogP contribution in [0.1, 0.15) is 18.4 Å². The van der Waals surface area contributed by atoms with E-state index in [-0.39, 0.29) is 17.0 Å². The van der Waals surface area contributed by atoms with Gasteiger partial charge in [0, 0.05) is 6.54 Å². The van der Waals surface area contributed by atoms with Crippen molar-refractivity contribution in [2.24, 2.45) is 0 Å². The second-order valence-electron chi connectivity index (χ2n) is 5.43. The fraction of sp³-hybridized carbons (Fsp3) is 0.500. The number of hydrogen-bond acceptors (Lipinski definition) is 5. The van der Waals surface area contributed by atoms with E-state index in [1.165, 1.54) is 0 Å². The van der Waals surface area contributed by atoms with E-state index >= 15 is 0 Å². The quantitative estimate of drug-likeness (QED) is 0.794. The maximum Gasteiger partial charge on any atom is 0.410 e. The van der Waals surface area contributed by atoms with E-state index in [2.05, 4.69) is 0 Å². The highest BCUT2D eigenvalue weighted by Crippen LogP contribution is 2.27. The lowest BCUT2D eigenvalue weighted by Crippen LogP contribution is -2.44. The van der Waals surface area contributed by atoms with Gasteiger partial charge in [-0.3, -0.25) is 4.18 Å². The minimum Gasteiger partial charge on any atom is -0.447 e. The second-order valence-corrected chi connectivity index (χ2v) is 7.01. The Kier molecular flexibility index (Phi) is 3.62. The number of piperidine rings is 1. The van der Waals surface area contributed by atoms with Crippen molar-refractivity contribution in [2.75, 3.05) is 13.2 Å². The summed E-state index contributed by atoms with van der Waals surface area (Å²) in [6, 6.07) is 6.48. The Bertz CT molecular complexity index is 640. The Morgan fingerprint density at radius 2 is 2.00 bits per heavy atom. The number of aryl methyl sites for hydroxylation is 1. The summed E-state index contributed by atoms with van der Waals surface area (Å²) in [4.78, 5) is 13.2. The highest BCUT2D eigenvalue weighted by atomic mass is 32.2. The van der Waals surface area contributed by atoms with E-state index in [0.717, 1.165) is 5.56 Å². The van der Waals surface area contributed by atoms with E-state index in [0.29, 0.717) is 26.0 Å². The molecule has 0 spiro atoms. The monoisotopic (exact) mass is 311 g/mol. The van der Waals surface area contributed by atoms with Crippen LogP contribution in [0.2, 0.25) is 0 Å². The van der Waals surface area contributed by atoms with Gasteiger partial charge in [-0.25, -0.2) is 4.79 Å². The van der Waals surface area contributed by atoms with E-state index < -0.39 is 16.2 Å². The highest BCUT2D eigenvalue weighted by molar-refractivity contribution is 7.86. The average molecular weight is 311 g/mol. The van der Waals surface area contributed by atoms with Crippen molar-refractivity contribution in [1.82, 2.24) is 4.90 Å². The summed E-state index contributed by atoms with van der Waals surface area (Å²) in [5.41, 5.74) is 0.990. The van der Waals surface area contributed by atoms with Gasteiger partial charge >= 0.3 is 6.09 Å². The van der Waals surface area contributed by atoms with E-state index in [9.17, 15) is 13.2 Å². The Labute approximate surface area is 123 Å². The van der Waals surface area contributed by atoms with Gasteiger partial charge in [0.15, 0.2) is 0 Å². The maximum absolute atomic E-state index is 12.2. The lowest BCUT2D eigenvalue weighted by molar-refractivity contribution is 0.0983. The summed E-state index contributed by atoms with van der Waals surface area (Å²) in [5, 5.41) is 0. The van der Waals surface area contributed by atoms with Crippen LogP contribution in [-0.4, -0.2) is 44.7 Å². The molecule has 2 heterocycles. The molecule has 114 valence electrons. The molecule has 1 amide bonds. The third-order valence-corrected chi connectivity index (χ3v) is 5.25. The number of fused-ring (bicyclic) bond motifs is 1. The first-order valence-electron chi connectivity index (χ1n) is 6.89. The third kappa shape index (κ3) is 2.89. The molecule has 2 aliphatic rings. The van der Waals surface area contributed by atoms with Crippen LogP contribution < -0.4 is 0 Å². The lowest BCUT2D eigenvalue weighted by Gasteiger charge is -2.31. The summed E-state index contributed by atoms with van der Waals surface area (Å²) in [5.74, 6) is 0. The fourth-order valence-corrected chi connectivity index (χ4v) is 3.80. The predicted octanol–water partition coefficient (Wildman–Crippen LogP) is 1.68.